The number of piperazine rings is 1. The predicted octanol–water partition coefficient (Wildman–Crippen LogP) is 3.32. The third kappa shape index (κ3) is 6.36. The van der Waals surface area contributed by atoms with Crippen molar-refractivity contribution >= 4 is 49.6 Å². The third-order valence-corrected chi connectivity index (χ3v) is 11.4. The summed E-state index contributed by atoms with van der Waals surface area (Å²) in [6.07, 6.45) is 1.97. The van der Waals surface area contributed by atoms with Crippen molar-refractivity contribution in [2.75, 3.05) is 81.3 Å². The molecular formula is C33H38ClN7O4S. The summed E-state index contributed by atoms with van der Waals surface area (Å²) in [5, 5.41) is 2.73. The Labute approximate surface area is 275 Å². The predicted molar refractivity (Wildman–Crippen MR) is 180 cm³/mol. The van der Waals surface area contributed by atoms with Crippen molar-refractivity contribution in [2.24, 2.45) is 5.41 Å². The Hall–Kier alpha value is -3.92. The molecule has 11 nitrogen and oxygen atoms in total. The highest BCUT2D eigenvalue weighted by Crippen LogP contribution is 2.38. The molecule has 2 saturated heterocycles. The molecule has 242 valence electrons. The number of aromatic nitrogens is 2. The van der Waals surface area contributed by atoms with Crippen LogP contribution >= 0.6 is 11.6 Å². The average molecular weight is 664 g/mol. The lowest BCUT2D eigenvalue weighted by Gasteiger charge is -2.42. The molecule has 0 unspecified atom stereocenters. The second-order valence-electron chi connectivity index (χ2n) is 12.8. The van der Waals surface area contributed by atoms with Crippen molar-refractivity contribution in [3.05, 3.63) is 76.8 Å². The Balaban J connectivity index is 1.35. The second kappa shape index (κ2) is 12.7. The van der Waals surface area contributed by atoms with Gasteiger partial charge in [0.2, 0.25) is 12.5 Å². The van der Waals surface area contributed by atoms with E-state index in [1.54, 1.807) is 4.90 Å². The summed E-state index contributed by atoms with van der Waals surface area (Å²) in [6.45, 7) is 14.7. The number of halogens is 1. The zero-order valence-electron chi connectivity index (χ0n) is 26.2. The van der Waals surface area contributed by atoms with Gasteiger partial charge in [-0.15, -0.1) is 0 Å². The highest BCUT2D eigenvalue weighted by Gasteiger charge is 2.49. The molecule has 1 aromatic heterocycles. The van der Waals surface area contributed by atoms with Crippen LogP contribution in [0.4, 0.5) is 11.5 Å². The quantitative estimate of drug-likeness (QED) is 0.252. The van der Waals surface area contributed by atoms with Crippen molar-refractivity contribution in [2.45, 2.75) is 19.0 Å². The van der Waals surface area contributed by atoms with Gasteiger partial charge in [0, 0.05) is 54.8 Å². The van der Waals surface area contributed by atoms with Crippen LogP contribution in [0.2, 0.25) is 5.02 Å². The summed E-state index contributed by atoms with van der Waals surface area (Å²) in [5.41, 5.74) is 2.32. The SMILES string of the molecule is [C-]#[N+]C[C@H]1CN(c2nc(OCC3(CN(C)C)CS(=O)(=O)C3)nc3c2CCN(c2cccc4cccc(Cl)c24)C3)CCN1C(=O)C=C. The van der Waals surface area contributed by atoms with Crippen LogP contribution in [-0.4, -0.2) is 112 Å². The molecule has 0 saturated carbocycles. The summed E-state index contributed by atoms with van der Waals surface area (Å²) in [6, 6.07) is 11.9. The molecule has 0 aliphatic carbocycles. The summed E-state index contributed by atoms with van der Waals surface area (Å²) in [7, 11) is 0.742. The Morgan fingerprint density at radius 3 is 2.63 bits per heavy atom. The summed E-state index contributed by atoms with van der Waals surface area (Å²) >= 11 is 6.70. The molecular weight excluding hydrogens is 626 g/mol. The number of hydrogen-bond donors (Lipinski definition) is 0. The summed E-state index contributed by atoms with van der Waals surface area (Å²) in [5.74, 6) is 0.666. The van der Waals surface area contributed by atoms with Gasteiger partial charge in [-0.2, -0.15) is 9.97 Å². The Bertz CT molecular complexity index is 1810. The lowest BCUT2D eigenvalue weighted by Crippen LogP contribution is -2.57. The normalized spacial score (nSPS) is 20.2. The van der Waals surface area contributed by atoms with Gasteiger partial charge < -0.3 is 29.2 Å². The molecule has 2 aromatic carbocycles. The average Bonchev–Trinajstić information content (AvgIpc) is 3.01. The van der Waals surface area contributed by atoms with Crippen molar-refractivity contribution in [1.29, 1.82) is 0 Å². The largest absolute Gasteiger partial charge is 0.463 e. The molecule has 6 rings (SSSR count). The molecule has 13 heteroatoms. The van der Waals surface area contributed by atoms with Crippen molar-refractivity contribution in [1.82, 2.24) is 19.8 Å². The molecule has 0 spiro atoms. The topological polar surface area (TPSA) is 104 Å². The number of rotatable bonds is 9. The molecule has 3 aliphatic heterocycles. The Morgan fingerprint density at radius 2 is 1.93 bits per heavy atom. The van der Waals surface area contributed by atoms with Crippen LogP contribution in [-0.2, 0) is 27.6 Å². The molecule has 3 aliphatic rings. The first-order valence-corrected chi connectivity index (χ1v) is 17.5. The van der Waals surface area contributed by atoms with E-state index in [0.29, 0.717) is 44.2 Å². The van der Waals surface area contributed by atoms with E-state index in [0.717, 1.165) is 40.1 Å². The number of carbonyl (C=O) groups is 1. The van der Waals surface area contributed by atoms with Gasteiger partial charge in [0.15, 0.2) is 9.84 Å². The zero-order chi connectivity index (χ0) is 32.6. The van der Waals surface area contributed by atoms with E-state index >= 15 is 0 Å². The highest BCUT2D eigenvalue weighted by molar-refractivity contribution is 7.92. The van der Waals surface area contributed by atoms with Gasteiger partial charge in [0.25, 0.3) is 0 Å². The highest BCUT2D eigenvalue weighted by atomic mass is 35.5. The first-order valence-electron chi connectivity index (χ1n) is 15.3. The molecule has 1 amide bonds. The van der Waals surface area contributed by atoms with E-state index in [1.165, 1.54) is 6.08 Å². The van der Waals surface area contributed by atoms with Gasteiger partial charge in [0.1, 0.15) is 18.5 Å². The van der Waals surface area contributed by atoms with Crippen LogP contribution in [0.3, 0.4) is 0 Å². The van der Waals surface area contributed by atoms with E-state index in [1.807, 2.05) is 37.2 Å². The standard InChI is InChI=1S/C33H38ClN7O4S/c1-5-29(42)41-15-14-40(17-24(41)16-35-2)31-25-12-13-39(28-11-7-9-23-8-6-10-26(34)30(23)28)18-27(25)36-32(37-31)45-20-33(19-38(3)4)21-46(43,44)22-33/h5-11,24H,1,12-22H2,3-4H3/t24-/m0/s1. The van der Waals surface area contributed by atoms with E-state index in [2.05, 4.69) is 39.4 Å². The first-order chi connectivity index (χ1) is 22.0. The fourth-order valence-electron chi connectivity index (χ4n) is 7.18. The maximum atomic E-state index is 12.6. The number of sulfone groups is 1. The molecule has 46 heavy (non-hydrogen) atoms. The maximum Gasteiger partial charge on any atom is 0.318 e. The number of anilines is 2. The Kier molecular flexibility index (Phi) is 8.85. The monoisotopic (exact) mass is 663 g/mol. The molecule has 0 radical (unpaired) electrons. The lowest BCUT2D eigenvalue weighted by molar-refractivity contribution is -0.128. The van der Waals surface area contributed by atoms with Crippen LogP contribution in [0.5, 0.6) is 6.01 Å². The van der Waals surface area contributed by atoms with E-state index in [-0.39, 0.29) is 42.6 Å². The van der Waals surface area contributed by atoms with Crippen molar-refractivity contribution in [3.8, 4) is 6.01 Å². The molecule has 1 atom stereocenters. The number of benzene rings is 2. The number of nitrogens with zero attached hydrogens (tertiary/aromatic N) is 7. The van der Waals surface area contributed by atoms with Crippen LogP contribution in [0.1, 0.15) is 11.3 Å². The fraction of sp³-hybridized carbons (Fsp3) is 0.455. The second-order valence-corrected chi connectivity index (χ2v) is 15.2. The minimum Gasteiger partial charge on any atom is -0.463 e. The molecule has 0 bridgehead atoms. The first kappa shape index (κ1) is 32.0. The third-order valence-electron chi connectivity index (χ3n) is 8.95. The van der Waals surface area contributed by atoms with Gasteiger partial charge in [-0.1, -0.05) is 42.4 Å². The van der Waals surface area contributed by atoms with E-state index in [9.17, 15) is 13.2 Å². The van der Waals surface area contributed by atoms with Crippen LogP contribution in [0.15, 0.2) is 49.1 Å². The van der Waals surface area contributed by atoms with Gasteiger partial charge in [-0.05, 0) is 44.1 Å². The fourth-order valence-corrected chi connectivity index (χ4v) is 9.59. The zero-order valence-corrected chi connectivity index (χ0v) is 27.7. The number of amides is 1. The number of hydrogen-bond acceptors (Lipinski definition) is 9. The van der Waals surface area contributed by atoms with Gasteiger partial charge in [-0.25, -0.2) is 15.0 Å². The smallest absolute Gasteiger partial charge is 0.318 e. The molecule has 0 N–H and O–H groups in total. The van der Waals surface area contributed by atoms with E-state index < -0.39 is 15.3 Å². The number of fused-ring (bicyclic) bond motifs is 2. The summed E-state index contributed by atoms with van der Waals surface area (Å²) < 4.78 is 30.7. The number of ether oxygens (including phenoxy) is 1. The molecule has 4 heterocycles. The Morgan fingerprint density at radius 1 is 1.17 bits per heavy atom. The van der Waals surface area contributed by atoms with Crippen molar-refractivity contribution in [3.63, 3.8) is 0 Å². The van der Waals surface area contributed by atoms with Gasteiger partial charge >= 0.3 is 6.01 Å². The maximum absolute atomic E-state index is 12.6. The minimum atomic E-state index is -3.10. The number of carbonyl (C=O) groups excluding carboxylic acids is 1. The van der Waals surface area contributed by atoms with Gasteiger partial charge in [-0.3, -0.25) is 4.79 Å². The van der Waals surface area contributed by atoms with Crippen LogP contribution in [0.25, 0.3) is 15.6 Å². The van der Waals surface area contributed by atoms with E-state index in [4.69, 9.17) is 32.9 Å². The van der Waals surface area contributed by atoms with Crippen LogP contribution in [0, 0.1) is 12.0 Å². The summed E-state index contributed by atoms with van der Waals surface area (Å²) in [4.78, 5) is 34.1. The lowest BCUT2D eigenvalue weighted by atomic mass is 9.92. The van der Waals surface area contributed by atoms with Gasteiger partial charge in [0.05, 0.1) is 28.8 Å². The van der Waals surface area contributed by atoms with Crippen LogP contribution < -0.4 is 14.5 Å². The molecule has 2 fully saturated rings. The molecule has 3 aromatic rings. The minimum absolute atomic E-state index is 0.0587. The van der Waals surface area contributed by atoms with Crippen molar-refractivity contribution < 1.29 is 17.9 Å².